The summed E-state index contributed by atoms with van der Waals surface area (Å²) in [5, 5.41) is 1.37. The Hall–Kier alpha value is -2.29. The first-order valence-electron chi connectivity index (χ1n) is 5.98. The van der Waals surface area contributed by atoms with Crippen molar-refractivity contribution in [3.63, 3.8) is 0 Å². The number of para-hydroxylation sites is 2. The molecule has 1 aromatic heterocycles. The lowest BCUT2D eigenvalue weighted by Crippen LogP contribution is -2.05. The molecule has 0 spiro atoms. The first-order valence-corrected chi connectivity index (χ1v) is 5.98. The van der Waals surface area contributed by atoms with Gasteiger partial charge in [-0.3, -0.25) is 4.79 Å². The number of hydrogen-bond acceptors (Lipinski definition) is 2. The van der Waals surface area contributed by atoms with Crippen molar-refractivity contribution in [3.8, 4) is 5.75 Å². The van der Waals surface area contributed by atoms with Crippen molar-refractivity contribution in [1.82, 2.24) is 4.98 Å². The van der Waals surface area contributed by atoms with Crippen LogP contribution in [0.3, 0.4) is 0 Å². The van der Waals surface area contributed by atoms with Gasteiger partial charge in [0, 0.05) is 16.3 Å². The molecule has 2 aromatic carbocycles. The number of ether oxygens (including phenoxy) is 1. The Morgan fingerprint density at radius 2 is 1.83 bits per heavy atom. The molecule has 3 nitrogen and oxygen atoms in total. The summed E-state index contributed by atoms with van der Waals surface area (Å²) in [5.41, 5.74) is 1.64. The van der Waals surface area contributed by atoms with E-state index in [-0.39, 0.29) is 5.43 Å². The highest BCUT2D eigenvalue weighted by Crippen LogP contribution is 2.23. The fraction of sp³-hybridized carbons (Fsp3) is 0.133. The Balaban J connectivity index is 2.47. The second kappa shape index (κ2) is 4.18. The lowest BCUT2D eigenvalue weighted by atomic mass is 10.1. The van der Waals surface area contributed by atoms with E-state index < -0.39 is 0 Å². The maximum Gasteiger partial charge on any atom is 0.197 e. The molecule has 90 valence electrons. The van der Waals surface area contributed by atoms with Gasteiger partial charge in [0.15, 0.2) is 5.43 Å². The van der Waals surface area contributed by atoms with Crippen LogP contribution < -0.4 is 10.2 Å². The molecule has 18 heavy (non-hydrogen) atoms. The molecule has 0 fully saturated rings. The summed E-state index contributed by atoms with van der Waals surface area (Å²) in [4.78, 5) is 15.6. The summed E-state index contributed by atoms with van der Waals surface area (Å²) >= 11 is 0. The standard InChI is InChI=1S/C15H13NO2/c1-2-18-13-9-5-7-11-14(13)16-12-8-4-3-6-10(12)15(11)17/h3-9H,2H2,1H3,(H,16,17). The zero-order chi connectivity index (χ0) is 12.5. The summed E-state index contributed by atoms with van der Waals surface area (Å²) in [6.07, 6.45) is 0. The second-order valence-corrected chi connectivity index (χ2v) is 4.11. The van der Waals surface area contributed by atoms with E-state index >= 15 is 0 Å². The zero-order valence-corrected chi connectivity index (χ0v) is 10.1. The van der Waals surface area contributed by atoms with Crippen LogP contribution in [0, 0.1) is 0 Å². The number of aromatic amines is 1. The number of benzene rings is 2. The predicted octanol–water partition coefficient (Wildman–Crippen LogP) is 3.08. The summed E-state index contributed by atoms with van der Waals surface area (Å²) < 4.78 is 5.55. The Kier molecular flexibility index (Phi) is 2.52. The SMILES string of the molecule is CCOc1cccc2c(=O)c3ccccc3[nH]c12. The van der Waals surface area contributed by atoms with Gasteiger partial charge in [-0.15, -0.1) is 0 Å². The van der Waals surface area contributed by atoms with Gasteiger partial charge >= 0.3 is 0 Å². The van der Waals surface area contributed by atoms with Gasteiger partial charge in [0.25, 0.3) is 0 Å². The Morgan fingerprint density at radius 3 is 2.67 bits per heavy atom. The van der Waals surface area contributed by atoms with Crippen molar-refractivity contribution >= 4 is 21.8 Å². The van der Waals surface area contributed by atoms with Crippen molar-refractivity contribution in [2.75, 3.05) is 6.61 Å². The number of hydrogen-bond donors (Lipinski definition) is 1. The molecule has 0 bridgehead atoms. The lowest BCUT2D eigenvalue weighted by Gasteiger charge is -2.08. The Morgan fingerprint density at radius 1 is 1.06 bits per heavy atom. The molecule has 3 rings (SSSR count). The van der Waals surface area contributed by atoms with Gasteiger partial charge in [0.1, 0.15) is 5.75 Å². The highest BCUT2D eigenvalue weighted by Gasteiger charge is 2.08. The van der Waals surface area contributed by atoms with E-state index in [2.05, 4.69) is 4.98 Å². The molecule has 0 amide bonds. The van der Waals surface area contributed by atoms with E-state index in [0.29, 0.717) is 17.4 Å². The lowest BCUT2D eigenvalue weighted by molar-refractivity contribution is 0.343. The molecule has 1 N–H and O–H groups in total. The van der Waals surface area contributed by atoms with Gasteiger partial charge in [0.05, 0.1) is 12.1 Å². The van der Waals surface area contributed by atoms with E-state index in [9.17, 15) is 4.79 Å². The molecule has 0 aliphatic rings. The molecule has 0 radical (unpaired) electrons. The third kappa shape index (κ3) is 1.56. The minimum absolute atomic E-state index is 0.0425. The van der Waals surface area contributed by atoms with Crippen LogP contribution in [0.1, 0.15) is 6.92 Å². The predicted molar refractivity (Wildman–Crippen MR) is 73.2 cm³/mol. The van der Waals surface area contributed by atoms with E-state index in [1.165, 1.54) is 0 Å². The number of pyridine rings is 1. The van der Waals surface area contributed by atoms with Crippen LogP contribution >= 0.6 is 0 Å². The highest BCUT2D eigenvalue weighted by atomic mass is 16.5. The van der Waals surface area contributed by atoms with Gasteiger partial charge in [0.2, 0.25) is 0 Å². The average molecular weight is 239 g/mol. The fourth-order valence-corrected chi connectivity index (χ4v) is 2.19. The van der Waals surface area contributed by atoms with Crippen LogP contribution in [0.2, 0.25) is 0 Å². The molecule has 0 saturated carbocycles. The molecule has 1 heterocycles. The third-order valence-corrected chi connectivity index (χ3v) is 3.00. The molecule has 3 aromatic rings. The number of aromatic nitrogens is 1. The quantitative estimate of drug-likeness (QED) is 0.698. The van der Waals surface area contributed by atoms with Crippen molar-refractivity contribution in [1.29, 1.82) is 0 Å². The molecule has 0 aliphatic carbocycles. The summed E-state index contributed by atoms with van der Waals surface area (Å²) in [6.45, 7) is 2.51. The van der Waals surface area contributed by atoms with Gasteiger partial charge in [-0.05, 0) is 31.2 Å². The van der Waals surface area contributed by atoms with Crippen molar-refractivity contribution in [3.05, 3.63) is 52.7 Å². The van der Waals surface area contributed by atoms with Crippen molar-refractivity contribution < 1.29 is 4.74 Å². The van der Waals surface area contributed by atoms with E-state index in [0.717, 1.165) is 16.8 Å². The van der Waals surface area contributed by atoms with Crippen molar-refractivity contribution in [2.45, 2.75) is 6.92 Å². The number of H-pyrrole nitrogens is 1. The maximum atomic E-state index is 12.4. The molecule has 3 heteroatoms. The number of nitrogens with one attached hydrogen (secondary N) is 1. The highest BCUT2D eigenvalue weighted by molar-refractivity contribution is 5.95. The van der Waals surface area contributed by atoms with Crippen LogP contribution in [0.4, 0.5) is 0 Å². The molecule has 0 saturated heterocycles. The van der Waals surface area contributed by atoms with Crippen LogP contribution in [0.5, 0.6) is 5.75 Å². The monoisotopic (exact) mass is 239 g/mol. The largest absolute Gasteiger partial charge is 0.492 e. The summed E-state index contributed by atoms with van der Waals surface area (Å²) in [5.74, 6) is 0.720. The third-order valence-electron chi connectivity index (χ3n) is 3.00. The number of rotatable bonds is 2. The Labute approximate surface area is 104 Å². The zero-order valence-electron chi connectivity index (χ0n) is 10.1. The Bertz CT molecular complexity index is 774. The van der Waals surface area contributed by atoms with Crippen LogP contribution in [0.25, 0.3) is 21.8 Å². The first-order chi connectivity index (χ1) is 8.81. The van der Waals surface area contributed by atoms with Gasteiger partial charge in [-0.25, -0.2) is 0 Å². The smallest absolute Gasteiger partial charge is 0.197 e. The van der Waals surface area contributed by atoms with Gasteiger partial charge in [-0.2, -0.15) is 0 Å². The summed E-state index contributed by atoms with van der Waals surface area (Å²) in [7, 11) is 0. The van der Waals surface area contributed by atoms with Crippen molar-refractivity contribution in [2.24, 2.45) is 0 Å². The molecule has 0 unspecified atom stereocenters. The molecular formula is C15H13NO2. The van der Waals surface area contributed by atoms with Crippen LogP contribution in [0.15, 0.2) is 47.3 Å². The molecular weight excluding hydrogens is 226 g/mol. The average Bonchev–Trinajstić information content (AvgIpc) is 2.40. The normalized spacial score (nSPS) is 10.9. The van der Waals surface area contributed by atoms with E-state index in [1.54, 1.807) is 0 Å². The summed E-state index contributed by atoms with van der Waals surface area (Å²) in [6, 6.07) is 13.1. The number of fused-ring (bicyclic) bond motifs is 2. The van der Waals surface area contributed by atoms with Gasteiger partial charge < -0.3 is 9.72 Å². The minimum Gasteiger partial charge on any atom is -0.492 e. The van der Waals surface area contributed by atoms with Crippen LogP contribution in [-0.4, -0.2) is 11.6 Å². The van der Waals surface area contributed by atoms with Gasteiger partial charge in [-0.1, -0.05) is 18.2 Å². The maximum absolute atomic E-state index is 12.4. The molecule has 0 atom stereocenters. The first kappa shape index (κ1) is 10.8. The second-order valence-electron chi connectivity index (χ2n) is 4.11. The fourth-order valence-electron chi connectivity index (χ4n) is 2.19. The van der Waals surface area contributed by atoms with E-state index in [4.69, 9.17) is 4.74 Å². The topological polar surface area (TPSA) is 42.1 Å². The van der Waals surface area contributed by atoms with Crippen LogP contribution in [-0.2, 0) is 0 Å². The van der Waals surface area contributed by atoms with E-state index in [1.807, 2.05) is 49.4 Å². The minimum atomic E-state index is 0.0425. The molecule has 0 aliphatic heterocycles.